The number of alkyl halides is 1. The van der Waals surface area contributed by atoms with Crippen molar-refractivity contribution in [2.75, 3.05) is 18.0 Å². The van der Waals surface area contributed by atoms with Crippen molar-refractivity contribution >= 4 is 22.6 Å². The number of aliphatic hydroxyl groups is 1. The van der Waals surface area contributed by atoms with Gasteiger partial charge < -0.3 is 5.11 Å². The molecule has 0 unspecified atom stereocenters. The first-order chi connectivity index (χ1) is 4.25. The summed E-state index contributed by atoms with van der Waals surface area (Å²) in [4.78, 5) is 2.22. The van der Waals surface area contributed by atoms with Crippen LogP contribution in [0, 0.1) is 0 Å². The second-order valence-corrected chi connectivity index (χ2v) is 3.44. The van der Waals surface area contributed by atoms with Gasteiger partial charge in [0, 0.05) is 17.0 Å². The number of hydrogen-bond donors (Lipinski definition) is 1. The van der Waals surface area contributed by atoms with Crippen molar-refractivity contribution in [1.29, 1.82) is 0 Å². The standard InChI is InChI=1S/C6H12INO/c1-8-3-2-6(9)5(8)4-7/h5-6,9H,2-4H2,1H3/t5-,6+/m1/s1. The summed E-state index contributed by atoms with van der Waals surface area (Å²) < 4.78 is 1.04. The van der Waals surface area contributed by atoms with E-state index in [0.29, 0.717) is 6.04 Å². The summed E-state index contributed by atoms with van der Waals surface area (Å²) in [7, 11) is 2.07. The summed E-state index contributed by atoms with van der Waals surface area (Å²) in [6, 6.07) is 0.408. The Labute approximate surface area is 69.4 Å². The van der Waals surface area contributed by atoms with Crippen LogP contribution in [0.2, 0.25) is 0 Å². The van der Waals surface area contributed by atoms with Crippen molar-refractivity contribution in [1.82, 2.24) is 4.90 Å². The number of hydrogen-bond acceptors (Lipinski definition) is 2. The van der Waals surface area contributed by atoms with Gasteiger partial charge in [-0.1, -0.05) is 22.6 Å². The van der Waals surface area contributed by atoms with E-state index in [0.717, 1.165) is 17.4 Å². The Bertz CT molecular complexity index is 89.1. The second-order valence-electron chi connectivity index (χ2n) is 2.56. The van der Waals surface area contributed by atoms with Crippen molar-refractivity contribution < 1.29 is 5.11 Å². The summed E-state index contributed by atoms with van der Waals surface area (Å²) >= 11 is 2.32. The van der Waals surface area contributed by atoms with E-state index in [2.05, 4.69) is 34.5 Å². The lowest BCUT2D eigenvalue weighted by molar-refractivity contribution is 0.141. The van der Waals surface area contributed by atoms with E-state index in [4.69, 9.17) is 0 Å². The molecule has 1 saturated heterocycles. The maximum atomic E-state index is 9.31. The van der Waals surface area contributed by atoms with Crippen LogP contribution in [0.3, 0.4) is 0 Å². The predicted molar refractivity (Wildman–Crippen MR) is 45.9 cm³/mol. The number of rotatable bonds is 1. The maximum absolute atomic E-state index is 9.31. The Morgan fingerprint density at radius 1 is 1.78 bits per heavy atom. The van der Waals surface area contributed by atoms with Crippen LogP contribution >= 0.6 is 22.6 Å². The molecule has 0 aromatic carbocycles. The normalized spacial score (nSPS) is 37.7. The SMILES string of the molecule is CN1CC[C@H](O)[C@H]1CI. The monoisotopic (exact) mass is 241 g/mol. The molecule has 3 heteroatoms. The molecule has 2 atom stereocenters. The minimum absolute atomic E-state index is 0.0769. The van der Waals surface area contributed by atoms with Gasteiger partial charge in [-0.25, -0.2) is 0 Å². The van der Waals surface area contributed by atoms with Crippen LogP contribution in [0.25, 0.3) is 0 Å². The fourth-order valence-electron chi connectivity index (χ4n) is 1.21. The fraction of sp³-hybridized carbons (Fsp3) is 1.00. The molecule has 0 bridgehead atoms. The van der Waals surface area contributed by atoms with Crippen molar-refractivity contribution in [3.05, 3.63) is 0 Å². The largest absolute Gasteiger partial charge is 0.391 e. The third kappa shape index (κ3) is 1.56. The molecular weight excluding hydrogens is 229 g/mol. The van der Waals surface area contributed by atoms with Gasteiger partial charge in [0.15, 0.2) is 0 Å². The van der Waals surface area contributed by atoms with E-state index in [-0.39, 0.29) is 6.10 Å². The van der Waals surface area contributed by atoms with Gasteiger partial charge in [-0.05, 0) is 13.5 Å². The van der Waals surface area contributed by atoms with Crippen molar-refractivity contribution in [3.63, 3.8) is 0 Å². The van der Waals surface area contributed by atoms with Gasteiger partial charge in [0.1, 0.15) is 0 Å². The minimum atomic E-state index is -0.0769. The molecule has 0 aromatic rings. The lowest BCUT2D eigenvalue weighted by atomic mass is 10.2. The van der Waals surface area contributed by atoms with Crippen LogP contribution in [-0.2, 0) is 0 Å². The van der Waals surface area contributed by atoms with E-state index in [1.807, 2.05) is 0 Å². The average Bonchev–Trinajstić information content (AvgIpc) is 2.12. The van der Waals surface area contributed by atoms with E-state index in [1.165, 1.54) is 0 Å². The molecule has 0 spiro atoms. The minimum Gasteiger partial charge on any atom is -0.391 e. The van der Waals surface area contributed by atoms with Gasteiger partial charge >= 0.3 is 0 Å². The molecule has 0 saturated carbocycles. The van der Waals surface area contributed by atoms with Gasteiger partial charge in [0.2, 0.25) is 0 Å². The molecule has 2 nitrogen and oxygen atoms in total. The topological polar surface area (TPSA) is 23.5 Å². The smallest absolute Gasteiger partial charge is 0.0714 e. The molecule has 0 amide bonds. The lowest BCUT2D eigenvalue weighted by Gasteiger charge is -2.18. The van der Waals surface area contributed by atoms with Gasteiger partial charge in [0.25, 0.3) is 0 Å². The van der Waals surface area contributed by atoms with Crippen molar-refractivity contribution in [2.45, 2.75) is 18.6 Å². The third-order valence-corrected chi connectivity index (χ3v) is 2.85. The highest BCUT2D eigenvalue weighted by Crippen LogP contribution is 2.17. The highest BCUT2D eigenvalue weighted by atomic mass is 127. The zero-order valence-electron chi connectivity index (χ0n) is 5.55. The van der Waals surface area contributed by atoms with Crippen LogP contribution in [0.15, 0.2) is 0 Å². The lowest BCUT2D eigenvalue weighted by Crippen LogP contribution is -2.33. The molecule has 9 heavy (non-hydrogen) atoms. The average molecular weight is 241 g/mol. The number of aliphatic hydroxyl groups excluding tert-OH is 1. The Kier molecular flexibility index (Phi) is 2.73. The molecule has 1 aliphatic heterocycles. The number of likely N-dealkylation sites (tertiary alicyclic amines) is 1. The molecule has 0 aliphatic carbocycles. The maximum Gasteiger partial charge on any atom is 0.0714 e. The van der Waals surface area contributed by atoms with E-state index >= 15 is 0 Å². The van der Waals surface area contributed by atoms with Gasteiger partial charge in [0.05, 0.1) is 6.10 Å². The summed E-state index contributed by atoms with van der Waals surface area (Å²) in [5, 5.41) is 9.31. The molecule has 1 heterocycles. The Balaban J connectivity index is 2.44. The van der Waals surface area contributed by atoms with Crippen molar-refractivity contribution in [3.8, 4) is 0 Å². The molecule has 1 N–H and O–H groups in total. The Morgan fingerprint density at radius 3 is 2.67 bits per heavy atom. The fourth-order valence-corrected chi connectivity index (χ4v) is 2.47. The van der Waals surface area contributed by atoms with E-state index in [9.17, 15) is 5.11 Å². The van der Waals surface area contributed by atoms with Crippen molar-refractivity contribution in [2.24, 2.45) is 0 Å². The molecule has 1 rings (SSSR count). The van der Waals surface area contributed by atoms with Crippen LogP contribution in [0.5, 0.6) is 0 Å². The Morgan fingerprint density at radius 2 is 2.44 bits per heavy atom. The molecule has 0 radical (unpaired) electrons. The summed E-state index contributed by atoms with van der Waals surface area (Å²) in [5.74, 6) is 0. The summed E-state index contributed by atoms with van der Waals surface area (Å²) in [6.07, 6.45) is 0.872. The van der Waals surface area contributed by atoms with Gasteiger partial charge in [-0.2, -0.15) is 0 Å². The number of nitrogens with zero attached hydrogens (tertiary/aromatic N) is 1. The van der Waals surface area contributed by atoms with E-state index < -0.39 is 0 Å². The quantitative estimate of drug-likeness (QED) is 0.533. The summed E-state index contributed by atoms with van der Waals surface area (Å²) in [6.45, 7) is 1.05. The Hall–Kier alpha value is 0.650. The van der Waals surface area contributed by atoms with Crippen LogP contribution in [-0.4, -0.2) is 40.2 Å². The molecular formula is C6H12INO. The molecule has 1 aliphatic rings. The van der Waals surface area contributed by atoms with Crippen LogP contribution in [0.4, 0.5) is 0 Å². The van der Waals surface area contributed by atoms with Gasteiger partial charge in [-0.3, -0.25) is 4.90 Å². The second kappa shape index (κ2) is 3.16. The summed E-state index contributed by atoms with van der Waals surface area (Å²) in [5.41, 5.74) is 0. The number of halogens is 1. The van der Waals surface area contributed by atoms with E-state index in [1.54, 1.807) is 0 Å². The molecule has 1 fully saturated rings. The highest BCUT2D eigenvalue weighted by molar-refractivity contribution is 14.1. The van der Waals surface area contributed by atoms with Crippen LogP contribution < -0.4 is 0 Å². The predicted octanol–water partition coefficient (Wildman–Crippen LogP) is 0.486. The molecule has 54 valence electrons. The molecule has 0 aromatic heterocycles. The van der Waals surface area contributed by atoms with Gasteiger partial charge in [-0.15, -0.1) is 0 Å². The first-order valence-corrected chi connectivity index (χ1v) is 4.72. The highest BCUT2D eigenvalue weighted by Gasteiger charge is 2.28. The third-order valence-electron chi connectivity index (χ3n) is 1.95. The first kappa shape index (κ1) is 7.75. The number of likely N-dealkylation sites (N-methyl/N-ethyl adjacent to an activating group) is 1. The van der Waals surface area contributed by atoms with Crippen LogP contribution in [0.1, 0.15) is 6.42 Å². The first-order valence-electron chi connectivity index (χ1n) is 3.20. The zero-order valence-corrected chi connectivity index (χ0v) is 7.71. The zero-order chi connectivity index (χ0) is 6.85.